The van der Waals surface area contributed by atoms with Gasteiger partial charge in [0.15, 0.2) is 5.58 Å². The van der Waals surface area contributed by atoms with Gasteiger partial charge in [0.05, 0.1) is 5.39 Å². The van der Waals surface area contributed by atoms with Crippen LogP contribution in [0.5, 0.6) is 0 Å². The number of aromatic nitrogens is 1. The van der Waals surface area contributed by atoms with Gasteiger partial charge in [-0.2, -0.15) is 4.98 Å². The summed E-state index contributed by atoms with van der Waals surface area (Å²) in [6.45, 7) is 0. The average Bonchev–Trinajstić information content (AvgIpc) is 2.47. The van der Waals surface area contributed by atoms with Crippen LogP contribution < -0.4 is 5.56 Å². The molecule has 0 aliphatic carbocycles. The van der Waals surface area contributed by atoms with Gasteiger partial charge in [-0.15, -0.1) is 0 Å². The van der Waals surface area contributed by atoms with Gasteiger partial charge >= 0.3 is 0 Å². The minimum atomic E-state index is -0.247. The lowest BCUT2D eigenvalue weighted by atomic mass is 10.0. The van der Waals surface area contributed by atoms with Gasteiger partial charge in [0.25, 0.3) is 10.8 Å². The molecule has 0 unspecified atom stereocenters. The monoisotopic (exact) mass is 269 g/mol. The van der Waals surface area contributed by atoms with E-state index in [4.69, 9.17) is 4.42 Å². The zero-order chi connectivity index (χ0) is 13.2. The number of benzene rings is 2. The van der Waals surface area contributed by atoms with Crippen molar-refractivity contribution in [3.63, 3.8) is 0 Å². The van der Waals surface area contributed by atoms with E-state index in [1.807, 2.05) is 48.7 Å². The highest BCUT2D eigenvalue weighted by molar-refractivity contribution is 7.98. The zero-order valence-corrected chi connectivity index (χ0v) is 11.1. The molecule has 3 nitrogen and oxygen atoms in total. The van der Waals surface area contributed by atoms with Crippen LogP contribution in [0.4, 0.5) is 0 Å². The van der Waals surface area contributed by atoms with Crippen molar-refractivity contribution in [1.29, 1.82) is 0 Å². The van der Waals surface area contributed by atoms with Crippen LogP contribution in [0.3, 0.4) is 0 Å². The van der Waals surface area contributed by atoms with Gasteiger partial charge in [0.1, 0.15) is 0 Å². The molecule has 94 valence electrons. The molecular formula is C15H11NO2S. The van der Waals surface area contributed by atoms with Gasteiger partial charge in [-0.05, 0) is 17.9 Å². The summed E-state index contributed by atoms with van der Waals surface area (Å²) >= 11 is 1.32. The molecule has 3 rings (SSSR count). The minimum absolute atomic E-state index is 0.247. The second kappa shape index (κ2) is 4.90. The Morgan fingerprint density at radius 1 is 1.05 bits per heavy atom. The molecule has 0 saturated carbocycles. The van der Waals surface area contributed by atoms with Crippen molar-refractivity contribution in [3.05, 3.63) is 58.9 Å². The third-order valence-electron chi connectivity index (χ3n) is 2.89. The Morgan fingerprint density at radius 3 is 2.58 bits per heavy atom. The molecule has 0 atom stereocenters. The number of thioether (sulfide) groups is 1. The second-order valence-electron chi connectivity index (χ2n) is 4.04. The molecule has 1 heterocycles. The summed E-state index contributed by atoms with van der Waals surface area (Å²) in [5, 5.41) is 0.903. The molecule has 0 saturated heterocycles. The first-order chi connectivity index (χ1) is 9.29. The SMILES string of the molecule is CSc1nc(=O)c2cccc(-c3ccccc3)c2o1. The Kier molecular flexibility index (Phi) is 3.09. The van der Waals surface area contributed by atoms with Gasteiger partial charge < -0.3 is 4.42 Å². The molecule has 0 spiro atoms. The molecule has 0 aliphatic rings. The fraction of sp³-hybridized carbons (Fsp3) is 0.0667. The van der Waals surface area contributed by atoms with E-state index < -0.39 is 0 Å². The van der Waals surface area contributed by atoms with Crippen LogP contribution in [0.1, 0.15) is 0 Å². The van der Waals surface area contributed by atoms with E-state index in [-0.39, 0.29) is 5.56 Å². The molecule has 3 aromatic rings. The van der Waals surface area contributed by atoms with Crippen molar-refractivity contribution in [3.8, 4) is 11.1 Å². The maximum absolute atomic E-state index is 12.0. The quantitative estimate of drug-likeness (QED) is 0.667. The van der Waals surface area contributed by atoms with Crippen LogP contribution in [-0.2, 0) is 0 Å². The Labute approximate surface area is 114 Å². The number of para-hydroxylation sites is 1. The Bertz CT molecular complexity index is 781. The fourth-order valence-electron chi connectivity index (χ4n) is 2.00. The molecule has 19 heavy (non-hydrogen) atoms. The molecule has 0 radical (unpaired) electrons. The fourth-order valence-corrected chi connectivity index (χ4v) is 2.34. The first kappa shape index (κ1) is 12.0. The topological polar surface area (TPSA) is 43.1 Å². The van der Waals surface area contributed by atoms with Crippen molar-refractivity contribution in [1.82, 2.24) is 4.98 Å². The summed E-state index contributed by atoms with van der Waals surface area (Å²) in [4.78, 5) is 15.9. The van der Waals surface area contributed by atoms with Crippen molar-refractivity contribution in [2.45, 2.75) is 5.22 Å². The molecular weight excluding hydrogens is 258 g/mol. The van der Waals surface area contributed by atoms with Crippen molar-refractivity contribution < 1.29 is 4.42 Å². The summed E-state index contributed by atoms with van der Waals surface area (Å²) in [6.07, 6.45) is 1.84. The summed E-state index contributed by atoms with van der Waals surface area (Å²) in [5.41, 5.74) is 2.28. The normalized spacial score (nSPS) is 10.8. The standard InChI is InChI=1S/C15H11NO2S/c1-19-15-16-14(17)12-9-5-8-11(13(12)18-15)10-6-3-2-4-7-10/h2-9H,1H3. The molecule has 0 fully saturated rings. The number of nitrogens with zero attached hydrogens (tertiary/aromatic N) is 1. The molecule has 4 heteroatoms. The van der Waals surface area contributed by atoms with Gasteiger partial charge in [0, 0.05) is 5.56 Å². The smallest absolute Gasteiger partial charge is 0.284 e. The van der Waals surface area contributed by atoms with Gasteiger partial charge in [-0.3, -0.25) is 4.79 Å². The van der Waals surface area contributed by atoms with E-state index in [0.717, 1.165) is 11.1 Å². The van der Waals surface area contributed by atoms with Gasteiger partial charge in [0.2, 0.25) is 0 Å². The predicted octanol–water partition coefficient (Wildman–Crippen LogP) is 3.58. The summed E-state index contributed by atoms with van der Waals surface area (Å²) < 4.78 is 5.73. The van der Waals surface area contributed by atoms with E-state index in [1.165, 1.54) is 11.8 Å². The third-order valence-corrected chi connectivity index (χ3v) is 3.41. The van der Waals surface area contributed by atoms with Crippen LogP contribution in [0.25, 0.3) is 22.1 Å². The van der Waals surface area contributed by atoms with E-state index in [0.29, 0.717) is 16.2 Å². The van der Waals surface area contributed by atoms with Gasteiger partial charge in [-0.25, -0.2) is 0 Å². The Morgan fingerprint density at radius 2 is 1.84 bits per heavy atom. The minimum Gasteiger partial charge on any atom is -0.432 e. The summed E-state index contributed by atoms with van der Waals surface area (Å²) in [7, 11) is 0. The number of rotatable bonds is 2. The molecule has 0 N–H and O–H groups in total. The highest BCUT2D eigenvalue weighted by Gasteiger charge is 2.10. The third kappa shape index (κ3) is 2.15. The maximum atomic E-state index is 12.0. The molecule has 2 aromatic carbocycles. The predicted molar refractivity (Wildman–Crippen MR) is 77.5 cm³/mol. The largest absolute Gasteiger partial charge is 0.432 e. The number of hydrogen-bond donors (Lipinski definition) is 0. The van der Waals surface area contributed by atoms with Crippen molar-refractivity contribution >= 4 is 22.7 Å². The summed E-state index contributed by atoms with van der Waals surface area (Å²) in [6, 6.07) is 15.4. The number of hydrogen-bond acceptors (Lipinski definition) is 4. The van der Waals surface area contributed by atoms with Crippen molar-refractivity contribution in [2.24, 2.45) is 0 Å². The molecule has 0 aliphatic heterocycles. The lowest BCUT2D eigenvalue weighted by molar-refractivity contribution is 0.462. The van der Waals surface area contributed by atoms with Crippen LogP contribution in [0.2, 0.25) is 0 Å². The van der Waals surface area contributed by atoms with E-state index in [2.05, 4.69) is 4.98 Å². The molecule has 0 bridgehead atoms. The van der Waals surface area contributed by atoms with E-state index in [9.17, 15) is 4.79 Å². The zero-order valence-electron chi connectivity index (χ0n) is 10.3. The van der Waals surface area contributed by atoms with Crippen LogP contribution in [-0.4, -0.2) is 11.2 Å². The van der Waals surface area contributed by atoms with E-state index in [1.54, 1.807) is 6.07 Å². The van der Waals surface area contributed by atoms with Crippen LogP contribution >= 0.6 is 11.8 Å². The first-order valence-corrected chi connectivity index (χ1v) is 7.05. The lowest BCUT2D eigenvalue weighted by Crippen LogP contribution is -2.07. The molecule has 1 aromatic heterocycles. The Hall–Kier alpha value is -2.07. The van der Waals surface area contributed by atoms with Crippen LogP contribution in [0, 0.1) is 0 Å². The highest BCUT2D eigenvalue weighted by atomic mass is 32.2. The highest BCUT2D eigenvalue weighted by Crippen LogP contribution is 2.28. The number of fused-ring (bicyclic) bond motifs is 1. The average molecular weight is 269 g/mol. The van der Waals surface area contributed by atoms with Crippen molar-refractivity contribution in [2.75, 3.05) is 6.26 Å². The molecule has 0 amide bonds. The second-order valence-corrected chi connectivity index (χ2v) is 4.79. The van der Waals surface area contributed by atoms with E-state index >= 15 is 0 Å². The Balaban J connectivity index is 2.37. The van der Waals surface area contributed by atoms with Gasteiger partial charge in [-0.1, -0.05) is 54.2 Å². The maximum Gasteiger partial charge on any atom is 0.284 e. The van der Waals surface area contributed by atoms with Crippen LogP contribution in [0.15, 0.2) is 63.0 Å². The summed E-state index contributed by atoms with van der Waals surface area (Å²) in [5.74, 6) is 0. The lowest BCUT2D eigenvalue weighted by Gasteiger charge is -2.05. The first-order valence-electron chi connectivity index (χ1n) is 5.83.